The summed E-state index contributed by atoms with van der Waals surface area (Å²) >= 11 is 0. The van der Waals surface area contributed by atoms with Gasteiger partial charge in [0.25, 0.3) is 0 Å². The third kappa shape index (κ3) is 6.02. The first-order valence-electron chi connectivity index (χ1n) is 6.81. The number of carboxylic acid groups (broad SMARTS) is 1. The number of ether oxygens (including phenoxy) is 1. The SMILES string of the molecule is CC(C)C(=O)N(CCC(=O)O)CCN1CCOCC1. The van der Waals surface area contributed by atoms with Gasteiger partial charge in [0, 0.05) is 38.6 Å². The number of carbonyl (C=O) groups is 2. The van der Waals surface area contributed by atoms with Crippen LogP contribution in [0.2, 0.25) is 0 Å². The lowest BCUT2D eigenvalue weighted by Gasteiger charge is -2.30. The molecule has 1 rings (SSSR count). The summed E-state index contributed by atoms with van der Waals surface area (Å²) in [4.78, 5) is 26.6. The normalized spacial score (nSPS) is 16.6. The zero-order valence-electron chi connectivity index (χ0n) is 11.8. The van der Waals surface area contributed by atoms with Crippen LogP contribution < -0.4 is 0 Å². The molecule has 6 nitrogen and oxygen atoms in total. The molecule has 0 spiro atoms. The Morgan fingerprint density at radius 1 is 1.26 bits per heavy atom. The second kappa shape index (κ2) is 8.12. The third-order valence-corrected chi connectivity index (χ3v) is 3.19. The van der Waals surface area contributed by atoms with Gasteiger partial charge in [-0.15, -0.1) is 0 Å². The number of morpholine rings is 1. The van der Waals surface area contributed by atoms with Crippen LogP contribution in [0.3, 0.4) is 0 Å². The fraction of sp³-hybridized carbons (Fsp3) is 0.846. The topological polar surface area (TPSA) is 70.1 Å². The van der Waals surface area contributed by atoms with Crippen molar-refractivity contribution in [1.29, 1.82) is 0 Å². The monoisotopic (exact) mass is 272 g/mol. The molecule has 0 bridgehead atoms. The number of carboxylic acids is 1. The van der Waals surface area contributed by atoms with E-state index in [9.17, 15) is 9.59 Å². The van der Waals surface area contributed by atoms with Crippen molar-refractivity contribution >= 4 is 11.9 Å². The number of amides is 1. The second-order valence-electron chi connectivity index (χ2n) is 5.08. The zero-order chi connectivity index (χ0) is 14.3. The lowest BCUT2D eigenvalue weighted by Crippen LogP contribution is -2.44. The summed E-state index contributed by atoms with van der Waals surface area (Å²) in [6.45, 7) is 8.55. The van der Waals surface area contributed by atoms with Gasteiger partial charge in [-0.05, 0) is 0 Å². The maximum atomic E-state index is 12.0. The van der Waals surface area contributed by atoms with Crippen molar-refractivity contribution in [2.24, 2.45) is 5.92 Å². The molecule has 1 N–H and O–H groups in total. The molecule has 0 saturated carbocycles. The van der Waals surface area contributed by atoms with E-state index in [-0.39, 0.29) is 24.8 Å². The zero-order valence-corrected chi connectivity index (χ0v) is 11.8. The van der Waals surface area contributed by atoms with Crippen LogP contribution in [-0.4, -0.2) is 72.7 Å². The van der Waals surface area contributed by atoms with E-state index in [0.29, 0.717) is 6.54 Å². The number of rotatable bonds is 7. The molecule has 1 aliphatic heterocycles. The molecule has 0 aromatic rings. The Balaban J connectivity index is 2.42. The van der Waals surface area contributed by atoms with Crippen molar-refractivity contribution in [3.05, 3.63) is 0 Å². The molecular formula is C13H24N2O4. The molecule has 0 aliphatic carbocycles. The molecule has 0 aromatic carbocycles. The Kier molecular flexibility index (Phi) is 6.80. The molecule has 1 aliphatic rings. The minimum Gasteiger partial charge on any atom is -0.481 e. The molecule has 19 heavy (non-hydrogen) atoms. The van der Waals surface area contributed by atoms with E-state index in [2.05, 4.69) is 4.90 Å². The molecular weight excluding hydrogens is 248 g/mol. The van der Waals surface area contributed by atoms with Crippen LogP contribution in [-0.2, 0) is 14.3 Å². The van der Waals surface area contributed by atoms with Gasteiger partial charge in [0.2, 0.25) is 5.91 Å². The minimum atomic E-state index is -0.868. The van der Waals surface area contributed by atoms with Gasteiger partial charge in [-0.2, -0.15) is 0 Å². The van der Waals surface area contributed by atoms with Crippen LogP contribution in [0.25, 0.3) is 0 Å². The van der Waals surface area contributed by atoms with Gasteiger partial charge in [-0.1, -0.05) is 13.8 Å². The van der Waals surface area contributed by atoms with E-state index in [0.717, 1.165) is 32.8 Å². The number of hydrogen-bond donors (Lipinski definition) is 1. The van der Waals surface area contributed by atoms with Crippen molar-refractivity contribution in [2.45, 2.75) is 20.3 Å². The highest BCUT2D eigenvalue weighted by molar-refractivity contribution is 5.78. The van der Waals surface area contributed by atoms with E-state index in [4.69, 9.17) is 9.84 Å². The maximum Gasteiger partial charge on any atom is 0.305 e. The van der Waals surface area contributed by atoms with Gasteiger partial charge < -0.3 is 14.7 Å². The fourth-order valence-corrected chi connectivity index (χ4v) is 2.01. The average molecular weight is 272 g/mol. The van der Waals surface area contributed by atoms with Gasteiger partial charge in [-0.3, -0.25) is 14.5 Å². The average Bonchev–Trinajstić information content (AvgIpc) is 2.39. The van der Waals surface area contributed by atoms with Crippen LogP contribution >= 0.6 is 0 Å². The highest BCUT2D eigenvalue weighted by Crippen LogP contribution is 2.04. The van der Waals surface area contributed by atoms with Gasteiger partial charge in [0.1, 0.15) is 0 Å². The standard InChI is InChI=1S/C13H24N2O4/c1-11(2)13(18)15(4-3-12(16)17)6-5-14-7-9-19-10-8-14/h11H,3-10H2,1-2H3,(H,16,17). The molecule has 1 amide bonds. The lowest BCUT2D eigenvalue weighted by molar-refractivity contribution is -0.139. The Bertz CT molecular complexity index is 301. The first kappa shape index (κ1) is 15.9. The Morgan fingerprint density at radius 3 is 2.42 bits per heavy atom. The summed E-state index contributed by atoms with van der Waals surface area (Å²) in [6, 6.07) is 0. The number of nitrogens with zero attached hydrogens (tertiary/aromatic N) is 2. The summed E-state index contributed by atoms with van der Waals surface area (Å²) in [5, 5.41) is 8.73. The van der Waals surface area contributed by atoms with Gasteiger partial charge in [0.15, 0.2) is 0 Å². The summed E-state index contributed by atoms with van der Waals surface area (Å²) in [5.41, 5.74) is 0. The minimum absolute atomic E-state index is 0.00156. The van der Waals surface area contributed by atoms with Crippen molar-refractivity contribution in [3.63, 3.8) is 0 Å². The van der Waals surface area contributed by atoms with Crippen molar-refractivity contribution < 1.29 is 19.4 Å². The summed E-state index contributed by atoms with van der Waals surface area (Å²) < 4.78 is 5.27. The smallest absolute Gasteiger partial charge is 0.305 e. The van der Waals surface area contributed by atoms with Gasteiger partial charge >= 0.3 is 5.97 Å². The Morgan fingerprint density at radius 2 is 1.89 bits per heavy atom. The lowest BCUT2D eigenvalue weighted by atomic mass is 10.2. The van der Waals surface area contributed by atoms with Crippen LogP contribution in [0, 0.1) is 5.92 Å². The van der Waals surface area contributed by atoms with E-state index in [1.165, 1.54) is 0 Å². The molecule has 0 aromatic heterocycles. The van der Waals surface area contributed by atoms with Crippen molar-refractivity contribution in [1.82, 2.24) is 9.80 Å². The number of aliphatic carboxylic acids is 1. The van der Waals surface area contributed by atoms with Gasteiger partial charge in [-0.25, -0.2) is 0 Å². The Hall–Kier alpha value is -1.14. The largest absolute Gasteiger partial charge is 0.481 e. The predicted molar refractivity (Wildman–Crippen MR) is 70.9 cm³/mol. The van der Waals surface area contributed by atoms with E-state index in [1.54, 1.807) is 4.90 Å². The molecule has 1 fully saturated rings. The van der Waals surface area contributed by atoms with E-state index < -0.39 is 5.97 Å². The third-order valence-electron chi connectivity index (χ3n) is 3.19. The molecule has 110 valence electrons. The predicted octanol–water partition coefficient (Wildman–Crippen LogP) is 0.278. The molecule has 0 unspecified atom stereocenters. The Labute approximate surface area is 114 Å². The van der Waals surface area contributed by atoms with Crippen LogP contribution in [0.5, 0.6) is 0 Å². The first-order valence-corrected chi connectivity index (χ1v) is 6.81. The van der Waals surface area contributed by atoms with Gasteiger partial charge in [0.05, 0.1) is 19.6 Å². The van der Waals surface area contributed by atoms with E-state index >= 15 is 0 Å². The summed E-state index contributed by atoms with van der Waals surface area (Å²) in [7, 11) is 0. The fourth-order valence-electron chi connectivity index (χ4n) is 2.01. The molecule has 0 radical (unpaired) electrons. The molecule has 6 heteroatoms. The summed E-state index contributed by atoms with van der Waals surface area (Å²) in [5.74, 6) is -0.944. The summed E-state index contributed by atoms with van der Waals surface area (Å²) in [6.07, 6.45) is 0.00156. The first-order chi connectivity index (χ1) is 9.00. The van der Waals surface area contributed by atoms with Crippen molar-refractivity contribution in [2.75, 3.05) is 45.9 Å². The molecule has 1 heterocycles. The highest BCUT2D eigenvalue weighted by Gasteiger charge is 2.19. The maximum absolute atomic E-state index is 12.0. The molecule has 1 saturated heterocycles. The molecule has 0 atom stereocenters. The quantitative estimate of drug-likeness (QED) is 0.721. The highest BCUT2D eigenvalue weighted by atomic mass is 16.5. The van der Waals surface area contributed by atoms with Crippen molar-refractivity contribution in [3.8, 4) is 0 Å². The second-order valence-corrected chi connectivity index (χ2v) is 5.08. The van der Waals surface area contributed by atoms with E-state index in [1.807, 2.05) is 13.8 Å². The number of hydrogen-bond acceptors (Lipinski definition) is 4. The van der Waals surface area contributed by atoms with Crippen LogP contribution in [0.15, 0.2) is 0 Å². The van der Waals surface area contributed by atoms with Crippen LogP contribution in [0.1, 0.15) is 20.3 Å². The number of carbonyl (C=O) groups excluding carboxylic acids is 1. The van der Waals surface area contributed by atoms with Crippen LogP contribution in [0.4, 0.5) is 0 Å².